The quantitative estimate of drug-likeness (QED) is 0.754. The molecule has 0 radical (unpaired) electrons. The molecule has 1 aliphatic heterocycles. The lowest BCUT2D eigenvalue weighted by atomic mass is 10.0. The highest BCUT2D eigenvalue weighted by Gasteiger charge is 2.13. The fraction of sp³-hybridized carbons (Fsp3) is 1.00. The average Bonchev–Trinajstić information content (AvgIpc) is 2.44. The van der Waals surface area contributed by atoms with Crippen molar-refractivity contribution in [1.82, 2.24) is 4.90 Å². The van der Waals surface area contributed by atoms with E-state index in [-0.39, 0.29) is 0 Å². The van der Waals surface area contributed by atoms with Crippen LogP contribution < -0.4 is 5.73 Å². The van der Waals surface area contributed by atoms with E-state index in [1.165, 1.54) is 58.2 Å². The third-order valence-electron chi connectivity index (χ3n) is 3.94. The second-order valence-electron chi connectivity index (χ2n) is 5.70. The molecule has 1 fully saturated rings. The fourth-order valence-corrected chi connectivity index (χ4v) is 2.64. The summed E-state index contributed by atoms with van der Waals surface area (Å²) in [5, 5.41) is 0. The number of nitrogens with two attached hydrogens (primary N) is 1. The van der Waals surface area contributed by atoms with Crippen LogP contribution in [0.1, 0.15) is 52.4 Å². The van der Waals surface area contributed by atoms with Gasteiger partial charge in [-0.15, -0.1) is 0 Å². The Balaban J connectivity index is 2.07. The maximum absolute atomic E-state index is 5.57. The van der Waals surface area contributed by atoms with E-state index in [0.717, 1.165) is 18.4 Å². The molecule has 1 aliphatic rings. The van der Waals surface area contributed by atoms with Crippen LogP contribution in [-0.2, 0) is 0 Å². The highest BCUT2D eigenvalue weighted by molar-refractivity contribution is 4.68. The molecular weight excluding hydrogens is 196 g/mol. The molecule has 0 amide bonds. The van der Waals surface area contributed by atoms with Gasteiger partial charge in [0.2, 0.25) is 0 Å². The molecule has 0 aromatic rings. The summed E-state index contributed by atoms with van der Waals surface area (Å²) in [5.41, 5.74) is 5.57. The summed E-state index contributed by atoms with van der Waals surface area (Å²) in [6.07, 6.45) is 8.13. The van der Waals surface area contributed by atoms with E-state index in [0.29, 0.717) is 0 Å². The van der Waals surface area contributed by atoms with Gasteiger partial charge in [-0.3, -0.25) is 0 Å². The van der Waals surface area contributed by atoms with Gasteiger partial charge in [-0.2, -0.15) is 0 Å². The molecule has 2 heteroatoms. The minimum Gasteiger partial charge on any atom is -0.330 e. The normalized spacial score (nSPS) is 25.3. The molecule has 0 aromatic carbocycles. The van der Waals surface area contributed by atoms with Crippen molar-refractivity contribution < 1.29 is 0 Å². The zero-order valence-electron chi connectivity index (χ0n) is 11.3. The number of likely N-dealkylation sites (tertiary alicyclic amines) is 1. The smallest absolute Gasteiger partial charge is 0.00162 e. The van der Waals surface area contributed by atoms with Crippen LogP contribution >= 0.6 is 0 Å². The lowest BCUT2D eigenvalue weighted by Crippen LogP contribution is -2.26. The molecule has 1 saturated heterocycles. The molecule has 0 bridgehead atoms. The van der Waals surface area contributed by atoms with Crippen molar-refractivity contribution in [1.29, 1.82) is 0 Å². The maximum Gasteiger partial charge on any atom is -0.00162 e. The van der Waals surface area contributed by atoms with Crippen molar-refractivity contribution in [3.05, 3.63) is 0 Å². The van der Waals surface area contributed by atoms with Crippen LogP contribution in [0.3, 0.4) is 0 Å². The van der Waals surface area contributed by atoms with Gasteiger partial charge in [-0.1, -0.05) is 13.8 Å². The Morgan fingerprint density at radius 3 is 2.81 bits per heavy atom. The molecule has 0 aromatic heterocycles. The Labute approximate surface area is 102 Å². The van der Waals surface area contributed by atoms with Gasteiger partial charge in [0.15, 0.2) is 0 Å². The minimum absolute atomic E-state index is 0.816. The van der Waals surface area contributed by atoms with E-state index in [1.807, 2.05) is 0 Å². The molecule has 0 aliphatic carbocycles. The van der Waals surface area contributed by atoms with Gasteiger partial charge in [-0.25, -0.2) is 0 Å². The van der Waals surface area contributed by atoms with Crippen LogP contribution in [0.2, 0.25) is 0 Å². The molecule has 0 saturated carbocycles. The zero-order chi connectivity index (χ0) is 11.8. The summed E-state index contributed by atoms with van der Waals surface area (Å²) in [6, 6.07) is 0. The molecule has 96 valence electrons. The molecule has 1 heterocycles. The average molecular weight is 226 g/mol. The first-order valence-corrected chi connectivity index (χ1v) is 7.14. The van der Waals surface area contributed by atoms with Crippen LogP contribution in [0.5, 0.6) is 0 Å². The van der Waals surface area contributed by atoms with Crippen molar-refractivity contribution in [2.24, 2.45) is 17.6 Å². The minimum atomic E-state index is 0.816. The zero-order valence-corrected chi connectivity index (χ0v) is 11.3. The van der Waals surface area contributed by atoms with Gasteiger partial charge >= 0.3 is 0 Å². The molecule has 16 heavy (non-hydrogen) atoms. The maximum atomic E-state index is 5.57. The predicted octanol–water partition coefficient (Wildman–Crippen LogP) is 2.87. The fourth-order valence-electron chi connectivity index (χ4n) is 2.64. The standard InChI is InChI=1S/C14H30N2/c1-13(7-9-15)5-3-10-16-11-4-6-14(2)8-12-16/h13-14H,3-12,15H2,1-2H3. The summed E-state index contributed by atoms with van der Waals surface area (Å²) < 4.78 is 0. The Hall–Kier alpha value is -0.0800. The summed E-state index contributed by atoms with van der Waals surface area (Å²) in [7, 11) is 0. The monoisotopic (exact) mass is 226 g/mol. The number of hydrogen-bond acceptors (Lipinski definition) is 2. The third-order valence-corrected chi connectivity index (χ3v) is 3.94. The molecular formula is C14H30N2. The Kier molecular flexibility index (Phi) is 7.06. The van der Waals surface area contributed by atoms with E-state index in [2.05, 4.69) is 18.7 Å². The summed E-state index contributed by atoms with van der Waals surface area (Å²) in [6.45, 7) is 9.54. The SMILES string of the molecule is CC(CCN)CCCN1CCCC(C)CC1. The second kappa shape index (κ2) is 8.08. The van der Waals surface area contributed by atoms with Crippen molar-refractivity contribution in [3.8, 4) is 0 Å². The first-order valence-electron chi connectivity index (χ1n) is 7.14. The number of hydrogen-bond donors (Lipinski definition) is 1. The Bertz CT molecular complexity index is 170. The Morgan fingerprint density at radius 2 is 2.06 bits per heavy atom. The van der Waals surface area contributed by atoms with Crippen molar-refractivity contribution in [2.45, 2.75) is 52.4 Å². The van der Waals surface area contributed by atoms with Gasteiger partial charge in [0.25, 0.3) is 0 Å². The van der Waals surface area contributed by atoms with E-state index < -0.39 is 0 Å². The first-order chi connectivity index (χ1) is 7.72. The van der Waals surface area contributed by atoms with Gasteiger partial charge in [0.1, 0.15) is 0 Å². The summed E-state index contributed by atoms with van der Waals surface area (Å²) in [4.78, 5) is 2.67. The van der Waals surface area contributed by atoms with Crippen molar-refractivity contribution in [2.75, 3.05) is 26.2 Å². The van der Waals surface area contributed by atoms with Crippen LogP contribution in [-0.4, -0.2) is 31.1 Å². The van der Waals surface area contributed by atoms with Gasteiger partial charge in [-0.05, 0) is 76.5 Å². The van der Waals surface area contributed by atoms with E-state index in [1.54, 1.807) is 0 Å². The van der Waals surface area contributed by atoms with Crippen LogP contribution in [0.25, 0.3) is 0 Å². The van der Waals surface area contributed by atoms with Crippen LogP contribution in [0.15, 0.2) is 0 Å². The number of rotatable bonds is 6. The molecule has 0 spiro atoms. The highest BCUT2D eigenvalue weighted by Crippen LogP contribution is 2.17. The summed E-state index contributed by atoms with van der Waals surface area (Å²) >= 11 is 0. The first kappa shape index (κ1) is 14.0. The molecule has 1 rings (SSSR count). The largest absolute Gasteiger partial charge is 0.330 e. The molecule has 2 N–H and O–H groups in total. The molecule has 2 atom stereocenters. The van der Waals surface area contributed by atoms with E-state index in [4.69, 9.17) is 5.73 Å². The topological polar surface area (TPSA) is 29.3 Å². The lowest BCUT2D eigenvalue weighted by Gasteiger charge is -2.20. The van der Waals surface area contributed by atoms with Crippen molar-refractivity contribution >= 4 is 0 Å². The predicted molar refractivity (Wildman–Crippen MR) is 71.5 cm³/mol. The van der Waals surface area contributed by atoms with E-state index in [9.17, 15) is 0 Å². The van der Waals surface area contributed by atoms with Gasteiger partial charge in [0, 0.05) is 0 Å². The third kappa shape index (κ3) is 5.86. The molecule has 2 unspecified atom stereocenters. The lowest BCUT2D eigenvalue weighted by molar-refractivity contribution is 0.268. The van der Waals surface area contributed by atoms with Gasteiger partial charge in [0.05, 0.1) is 0 Å². The second-order valence-corrected chi connectivity index (χ2v) is 5.70. The van der Waals surface area contributed by atoms with Crippen molar-refractivity contribution in [3.63, 3.8) is 0 Å². The van der Waals surface area contributed by atoms with E-state index >= 15 is 0 Å². The van der Waals surface area contributed by atoms with Crippen LogP contribution in [0.4, 0.5) is 0 Å². The number of nitrogens with zero attached hydrogens (tertiary/aromatic N) is 1. The van der Waals surface area contributed by atoms with Crippen LogP contribution in [0, 0.1) is 11.8 Å². The van der Waals surface area contributed by atoms with Gasteiger partial charge < -0.3 is 10.6 Å². The Morgan fingerprint density at radius 1 is 1.25 bits per heavy atom. The highest BCUT2D eigenvalue weighted by atomic mass is 15.1. The summed E-state index contributed by atoms with van der Waals surface area (Å²) in [5.74, 6) is 1.76. The molecule has 2 nitrogen and oxygen atoms in total.